The first-order chi connectivity index (χ1) is 12.2. The first-order valence-corrected chi connectivity index (χ1v) is 9.59. The highest BCUT2D eigenvalue weighted by atomic mass is 16.3. The van der Waals surface area contributed by atoms with Crippen molar-refractivity contribution >= 4 is 5.69 Å². The fourth-order valence-corrected chi connectivity index (χ4v) is 4.27. The van der Waals surface area contributed by atoms with Gasteiger partial charge in [0.05, 0.1) is 12.1 Å². The van der Waals surface area contributed by atoms with Crippen LogP contribution in [0.5, 0.6) is 0 Å². The molecule has 0 amide bonds. The zero-order valence-electron chi connectivity index (χ0n) is 15.0. The molecule has 0 saturated carbocycles. The van der Waals surface area contributed by atoms with Gasteiger partial charge in [0.25, 0.3) is 0 Å². The maximum Gasteiger partial charge on any atom is 0.0775 e. The standard InChI is InChI=1S/C22H28N2O/c1-16(23-22-20-8-4-3-7-18(20)15-21(22)25)17-9-11-19(12-10-17)24-13-5-2-6-14-24/h3-4,7-12,16,21-23,25H,2,5-6,13-15H2,1H3. The molecule has 3 heteroatoms. The molecule has 25 heavy (non-hydrogen) atoms. The van der Waals surface area contributed by atoms with Crippen LogP contribution in [0.2, 0.25) is 0 Å². The lowest BCUT2D eigenvalue weighted by atomic mass is 10.0. The molecule has 4 rings (SSSR count). The van der Waals surface area contributed by atoms with Crippen LogP contribution in [0.15, 0.2) is 48.5 Å². The van der Waals surface area contributed by atoms with Crippen LogP contribution in [0, 0.1) is 0 Å². The average molecular weight is 336 g/mol. The van der Waals surface area contributed by atoms with Crippen LogP contribution in [0.25, 0.3) is 0 Å². The first kappa shape index (κ1) is 16.6. The molecule has 2 aromatic carbocycles. The summed E-state index contributed by atoms with van der Waals surface area (Å²) in [4.78, 5) is 2.49. The van der Waals surface area contributed by atoms with Crippen LogP contribution in [0.3, 0.4) is 0 Å². The minimum atomic E-state index is -0.340. The van der Waals surface area contributed by atoms with Crippen molar-refractivity contribution < 1.29 is 5.11 Å². The van der Waals surface area contributed by atoms with Gasteiger partial charge in [-0.2, -0.15) is 0 Å². The largest absolute Gasteiger partial charge is 0.391 e. The van der Waals surface area contributed by atoms with Crippen molar-refractivity contribution in [3.63, 3.8) is 0 Å². The number of nitrogens with one attached hydrogen (secondary N) is 1. The maximum atomic E-state index is 10.5. The summed E-state index contributed by atoms with van der Waals surface area (Å²) in [5, 5.41) is 14.1. The van der Waals surface area contributed by atoms with E-state index in [1.165, 1.54) is 54.7 Å². The van der Waals surface area contributed by atoms with Gasteiger partial charge in [-0.3, -0.25) is 0 Å². The zero-order chi connectivity index (χ0) is 17.2. The van der Waals surface area contributed by atoms with E-state index in [0.717, 1.165) is 6.42 Å². The summed E-state index contributed by atoms with van der Waals surface area (Å²) in [5.74, 6) is 0. The molecule has 3 atom stereocenters. The third kappa shape index (κ3) is 3.44. The third-order valence-electron chi connectivity index (χ3n) is 5.75. The Morgan fingerprint density at radius 3 is 2.48 bits per heavy atom. The summed E-state index contributed by atoms with van der Waals surface area (Å²) in [5.41, 5.74) is 5.12. The van der Waals surface area contributed by atoms with Gasteiger partial charge in [-0.15, -0.1) is 0 Å². The van der Waals surface area contributed by atoms with E-state index in [0.29, 0.717) is 0 Å². The van der Waals surface area contributed by atoms with Crippen LogP contribution in [-0.4, -0.2) is 24.3 Å². The topological polar surface area (TPSA) is 35.5 Å². The van der Waals surface area contributed by atoms with E-state index in [2.05, 4.69) is 65.7 Å². The highest BCUT2D eigenvalue weighted by molar-refractivity contribution is 5.48. The first-order valence-electron chi connectivity index (χ1n) is 9.59. The molecule has 1 aliphatic carbocycles. The molecule has 3 nitrogen and oxygen atoms in total. The van der Waals surface area contributed by atoms with Gasteiger partial charge in [-0.05, 0) is 55.0 Å². The van der Waals surface area contributed by atoms with Crippen molar-refractivity contribution in [3.8, 4) is 0 Å². The Balaban J connectivity index is 1.45. The number of nitrogens with zero attached hydrogens (tertiary/aromatic N) is 1. The highest BCUT2D eigenvalue weighted by Gasteiger charge is 2.31. The van der Waals surface area contributed by atoms with E-state index in [4.69, 9.17) is 0 Å². The molecule has 0 spiro atoms. The second-order valence-corrected chi connectivity index (χ2v) is 7.48. The third-order valence-corrected chi connectivity index (χ3v) is 5.75. The average Bonchev–Trinajstić information content (AvgIpc) is 2.98. The molecule has 2 aromatic rings. The summed E-state index contributed by atoms with van der Waals surface area (Å²) < 4.78 is 0. The molecule has 2 N–H and O–H groups in total. The Kier molecular flexibility index (Phi) is 4.78. The van der Waals surface area contributed by atoms with Gasteiger partial charge in [0.15, 0.2) is 0 Å². The van der Waals surface area contributed by atoms with Gasteiger partial charge in [0.1, 0.15) is 0 Å². The van der Waals surface area contributed by atoms with Crippen molar-refractivity contribution in [1.82, 2.24) is 5.32 Å². The summed E-state index contributed by atoms with van der Waals surface area (Å²) in [6.07, 6.45) is 4.37. The van der Waals surface area contributed by atoms with Crippen LogP contribution in [0.1, 0.15) is 55.0 Å². The van der Waals surface area contributed by atoms with Crippen molar-refractivity contribution in [2.75, 3.05) is 18.0 Å². The lowest BCUT2D eigenvalue weighted by molar-refractivity contribution is 0.136. The van der Waals surface area contributed by atoms with Crippen molar-refractivity contribution in [2.45, 2.75) is 50.8 Å². The Morgan fingerprint density at radius 2 is 1.72 bits per heavy atom. The smallest absolute Gasteiger partial charge is 0.0775 e. The molecule has 0 bridgehead atoms. The number of fused-ring (bicyclic) bond motifs is 1. The van der Waals surface area contributed by atoms with Gasteiger partial charge in [-0.25, -0.2) is 0 Å². The SMILES string of the molecule is CC(NC1c2ccccc2CC1O)c1ccc(N2CCCCC2)cc1. The van der Waals surface area contributed by atoms with E-state index < -0.39 is 0 Å². The number of rotatable bonds is 4. The molecule has 1 saturated heterocycles. The van der Waals surface area contributed by atoms with E-state index >= 15 is 0 Å². The molecular weight excluding hydrogens is 308 g/mol. The Bertz CT molecular complexity index is 706. The number of benzene rings is 2. The van der Waals surface area contributed by atoms with Gasteiger partial charge < -0.3 is 15.3 Å². The summed E-state index contributed by atoms with van der Waals surface area (Å²) in [7, 11) is 0. The number of hydrogen-bond donors (Lipinski definition) is 2. The van der Waals surface area contributed by atoms with Crippen LogP contribution in [0.4, 0.5) is 5.69 Å². The molecular formula is C22H28N2O. The van der Waals surface area contributed by atoms with Crippen LogP contribution < -0.4 is 10.2 Å². The van der Waals surface area contributed by atoms with Crippen molar-refractivity contribution in [3.05, 3.63) is 65.2 Å². The van der Waals surface area contributed by atoms with Crippen LogP contribution >= 0.6 is 0 Å². The Hall–Kier alpha value is -1.84. The number of aliphatic hydroxyl groups excluding tert-OH is 1. The summed E-state index contributed by atoms with van der Waals surface area (Å²) in [6, 6.07) is 17.6. The molecule has 1 aliphatic heterocycles. The van der Waals surface area contributed by atoms with Crippen molar-refractivity contribution in [1.29, 1.82) is 0 Å². The van der Waals surface area contributed by atoms with Gasteiger partial charge in [-0.1, -0.05) is 36.4 Å². The fraction of sp³-hybridized carbons (Fsp3) is 0.455. The number of aliphatic hydroxyl groups is 1. The Labute approximate surface area is 150 Å². The quantitative estimate of drug-likeness (QED) is 0.886. The second-order valence-electron chi connectivity index (χ2n) is 7.48. The maximum absolute atomic E-state index is 10.5. The van der Waals surface area contributed by atoms with Gasteiger partial charge in [0, 0.05) is 31.2 Å². The predicted molar refractivity (Wildman–Crippen MR) is 103 cm³/mol. The fourth-order valence-electron chi connectivity index (χ4n) is 4.27. The molecule has 2 aliphatic rings. The Morgan fingerprint density at radius 1 is 1.00 bits per heavy atom. The molecule has 132 valence electrons. The van der Waals surface area contributed by atoms with E-state index in [1.54, 1.807) is 0 Å². The summed E-state index contributed by atoms with van der Waals surface area (Å²) in [6.45, 7) is 4.54. The molecule has 0 radical (unpaired) electrons. The number of piperidine rings is 1. The van der Waals surface area contributed by atoms with E-state index in [-0.39, 0.29) is 18.2 Å². The van der Waals surface area contributed by atoms with Crippen LogP contribution in [-0.2, 0) is 6.42 Å². The normalized spacial score (nSPS) is 24.2. The van der Waals surface area contributed by atoms with E-state index in [9.17, 15) is 5.11 Å². The van der Waals surface area contributed by atoms with Crippen molar-refractivity contribution in [2.24, 2.45) is 0 Å². The lowest BCUT2D eigenvalue weighted by Gasteiger charge is -2.29. The second kappa shape index (κ2) is 7.19. The number of anilines is 1. The minimum absolute atomic E-state index is 0.0213. The summed E-state index contributed by atoms with van der Waals surface area (Å²) >= 11 is 0. The lowest BCUT2D eigenvalue weighted by Crippen LogP contribution is -2.31. The molecule has 3 unspecified atom stereocenters. The van der Waals surface area contributed by atoms with E-state index in [1.807, 2.05) is 0 Å². The van der Waals surface area contributed by atoms with Gasteiger partial charge >= 0.3 is 0 Å². The predicted octanol–water partition coefficient (Wildman–Crippen LogP) is 3.99. The minimum Gasteiger partial charge on any atom is -0.391 e. The van der Waals surface area contributed by atoms with Gasteiger partial charge in [0.2, 0.25) is 0 Å². The molecule has 1 heterocycles. The highest BCUT2D eigenvalue weighted by Crippen LogP contribution is 2.33. The molecule has 1 fully saturated rings. The number of hydrogen-bond acceptors (Lipinski definition) is 3. The zero-order valence-corrected chi connectivity index (χ0v) is 15.0. The molecule has 0 aromatic heterocycles. The monoisotopic (exact) mass is 336 g/mol.